The quantitative estimate of drug-likeness (QED) is 0.122. The lowest BCUT2D eigenvalue weighted by Crippen LogP contribution is -2.04. The third kappa shape index (κ3) is 7.72. The average Bonchev–Trinajstić information content (AvgIpc) is 1.72. The van der Waals surface area contributed by atoms with E-state index in [2.05, 4.69) is 15.0 Å². The van der Waals surface area contributed by atoms with Gasteiger partial charge in [-0.15, -0.1) is 0 Å². The molecule has 5 aromatic carbocycles. The molecule has 5 nitrogen and oxygen atoms in total. The highest BCUT2D eigenvalue weighted by Crippen LogP contribution is 2.37. The van der Waals surface area contributed by atoms with Crippen LogP contribution in [0.15, 0.2) is 150 Å². The summed E-state index contributed by atoms with van der Waals surface area (Å²) < 4.78 is 212. The van der Waals surface area contributed by atoms with Gasteiger partial charge in [-0.05, 0) is 162 Å². The molecule has 4 heterocycles. The summed E-state index contributed by atoms with van der Waals surface area (Å²) in [6.07, 6.45) is -29.9. The number of hydrogen-bond acceptors (Lipinski definition) is 5. The summed E-state index contributed by atoms with van der Waals surface area (Å²) in [4.78, 5) is 13.3. The van der Waals surface area contributed by atoms with Gasteiger partial charge in [0.15, 0.2) is 0 Å². The van der Waals surface area contributed by atoms with Crippen LogP contribution in [0.5, 0.6) is 0 Å². The van der Waals surface area contributed by atoms with Gasteiger partial charge in [0.2, 0.25) is 0 Å². The Hall–Kier alpha value is -7.16. The second-order valence-electron chi connectivity index (χ2n) is 14.7. The largest absolute Gasteiger partial charge is 0.455 e. The van der Waals surface area contributed by atoms with E-state index in [1.165, 1.54) is 18.2 Å². The van der Waals surface area contributed by atoms with E-state index in [0.717, 1.165) is 36.8 Å². The number of benzene rings is 5. The summed E-state index contributed by atoms with van der Waals surface area (Å²) in [6.45, 7) is 0. The number of furan rings is 1. The third-order valence-electron chi connectivity index (χ3n) is 10.8. The summed E-state index contributed by atoms with van der Waals surface area (Å²) in [7, 11) is 0. The normalized spacial score (nSPS) is 22.8. The molecule has 0 bridgehead atoms. The number of pyridine rings is 3. The molecule has 0 N–H and O–H groups in total. The number of hydrogen-bond donors (Lipinski definition) is 0. The van der Waals surface area contributed by atoms with Gasteiger partial charge >= 0.3 is 0 Å². The first kappa shape index (κ1) is 21.8. The molecule has 306 valence electrons. The van der Waals surface area contributed by atoms with E-state index in [1.807, 2.05) is 6.07 Å². The topological polar surface area (TPSA) is 75.6 Å². The molecule has 0 spiro atoms. The first-order valence-electron chi connectivity index (χ1n) is 31.1. The van der Waals surface area contributed by atoms with E-state index in [9.17, 15) is 21.7 Å². The first-order valence-corrected chi connectivity index (χ1v) is 20.1. The minimum Gasteiger partial charge on any atom is -0.455 e. The van der Waals surface area contributed by atoms with Crippen LogP contribution >= 0.6 is 0 Å². The van der Waals surface area contributed by atoms with Crippen molar-refractivity contribution in [3.05, 3.63) is 207 Å². The number of fused-ring (bicyclic) bond motifs is 5. The van der Waals surface area contributed by atoms with Gasteiger partial charge in [-0.3, -0.25) is 15.0 Å². The van der Waals surface area contributed by atoms with Crippen LogP contribution in [0.2, 0.25) is 0 Å². The Kier molecular flexibility index (Phi) is 5.86. The maximum Gasteiger partial charge on any atom is 0.144 e. The SMILES string of the molecule is [2H]c1cc2c(oc3c(-c4ccc(C([2H])([2H])C([2H])([2H])c5cc(C([2H])([2H])C([2H])([2H])c6cnc(-c7ccccc7)c7c6C([2H])([2H])CC7([2H])[2H])cc(C([2H])([2H])C([2H])([2H])c6cnc(-c7ccccc7)c7c6C([2H])([2H])CC7([2H])[2H])c5)cn4)cccc32)c([2H])c1C#N. The second kappa shape index (κ2) is 17.0. The average molecular weight is 839 g/mol. The van der Waals surface area contributed by atoms with Crippen LogP contribution in [0.1, 0.15) is 104 Å². The van der Waals surface area contributed by atoms with Gasteiger partial charge in [-0.2, -0.15) is 5.26 Å². The fraction of sp³-hybridized carbons (Fsp3) is 0.207. The van der Waals surface area contributed by atoms with Gasteiger partial charge in [0.1, 0.15) is 11.2 Å². The molecule has 0 fully saturated rings. The molecule has 63 heavy (non-hydrogen) atoms. The summed E-state index contributed by atoms with van der Waals surface area (Å²) in [5.74, 6) is 0. The van der Waals surface area contributed by atoms with Crippen molar-refractivity contribution in [2.24, 2.45) is 0 Å². The zero-order chi connectivity index (χ0) is 61.8. The molecule has 0 amide bonds. The number of nitriles is 1. The molecular formula is C58H48N4O. The van der Waals surface area contributed by atoms with Crippen molar-refractivity contribution in [1.82, 2.24) is 15.0 Å². The smallest absolute Gasteiger partial charge is 0.144 e. The number of rotatable bonds is 12. The fourth-order valence-electron chi connectivity index (χ4n) is 7.82. The first-order chi connectivity index (χ1) is 39.5. The molecule has 2 aliphatic carbocycles. The van der Waals surface area contributed by atoms with Gasteiger partial charge < -0.3 is 4.42 Å². The molecule has 2 aliphatic rings. The molecule has 0 atom stereocenters. The number of aryl methyl sites for hydroxylation is 6. The molecule has 0 radical (unpaired) electrons. The Morgan fingerprint density at radius 1 is 0.571 bits per heavy atom. The van der Waals surface area contributed by atoms with Crippen molar-refractivity contribution in [3.63, 3.8) is 0 Å². The molecule has 0 aliphatic heterocycles. The minimum atomic E-state index is -3.56. The van der Waals surface area contributed by atoms with Gasteiger partial charge in [-0.1, -0.05) is 97.1 Å². The van der Waals surface area contributed by atoms with Crippen LogP contribution in [0.25, 0.3) is 55.7 Å². The van der Waals surface area contributed by atoms with Crippen LogP contribution < -0.4 is 0 Å². The summed E-state index contributed by atoms with van der Waals surface area (Å²) in [5.41, 5.74) is -5.27. The lowest BCUT2D eigenvalue weighted by molar-refractivity contribution is 0.669. The van der Waals surface area contributed by atoms with E-state index in [4.69, 9.17) is 18.1 Å². The van der Waals surface area contributed by atoms with Crippen molar-refractivity contribution < 1.29 is 34.6 Å². The number of nitrogens with zero attached hydrogens (tertiary/aromatic N) is 4. The monoisotopic (exact) mass is 839 g/mol. The minimum absolute atomic E-state index is 0.0306. The highest BCUT2D eigenvalue weighted by Gasteiger charge is 2.22. The Morgan fingerprint density at radius 2 is 1.14 bits per heavy atom. The van der Waals surface area contributed by atoms with E-state index < -0.39 is 121 Å². The molecule has 9 aromatic rings. The Morgan fingerprint density at radius 3 is 1.71 bits per heavy atom. The van der Waals surface area contributed by atoms with Crippen molar-refractivity contribution in [1.29, 1.82) is 5.26 Å². The van der Waals surface area contributed by atoms with Gasteiger partial charge in [0, 0.05) is 73.5 Å². The maximum atomic E-state index is 9.76. The van der Waals surface area contributed by atoms with Crippen LogP contribution in [0.3, 0.4) is 0 Å². The van der Waals surface area contributed by atoms with Gasteiger partial charge in [0.05, 0.1) is 31.5 Å². The molecule has 0 unspecified atom stereocenters. The van der Waals surface area contributed by atoms with E-state index >= 15 is 0 Å². The predicted molar refractivity (Wildman–Crippen MR) is 254 cm³/mol. The summed E-state index contributed by atoms with van der Waals surface area (Å²) >= 11 is 0. The van der Waals surface area contributed by atoms with Crippen molar-refractivity contribution in [2.75, 3.05) is 0 Å². The van der Waals surface area contributed by atoms with Crippen LogP contribution in [0.4, 0.5) is 0 Å². The molecule has 0 saturated carbocycles. The number of para-hydroxylation sites is 1. The van der Waals surface area contributed by atoms with Crippen molar-refractivity contribution >= 4 is 21.9 Å². The molecule has 4 aromatic heterocycles. The van der Waals surface area contributed by atoms with E-state index in [-0.39, 0.29) is 57.0 Å². The standard InChI is InChI=1S/C58H48N4O/c59-34-42-24-28-49-52-18-9-19-53(58(52)63-55(49)33-42)54-29-25-38(35-60-54)20-21-39-30-40(22-26-45-36-61-56(43-10-3-1-4-11-43)50-16-7-14-47(45)50)32-41(31-39)23-27-46-37-62-57(44-12-5-2-6-13-44)51-17-8-15-48(46)51/h1-6,9-13,18-19,24-25,28-33,35-37H,7-8,14-17,20-23,26-27H2/i14D2,15D2,16D2,17D2,20D2,21D2,22D2,23D2,24D,26D2,27D2,33D. The molecule has 5 heteroatoms. The number of aromatic nitrogens is 3. The van der Waals surface area contributed by atoms with Gasteiger partial charge in [-0.25, -0.2) is 0 Å². The third-order valence-corrected chi connectivity index (χ3v) is 10.8. The zero-order valence-electron chi connectivity index (χ0n) is 55.3. The highest BCUT2D eigenvalue weighted by molar-refractivity contribution is 6.09. The van der Waals surface area contributed by atoms with Gasteiger partial charge in [0.25, 0.3) is 0 Å². The summed E-state index contributed by atoms with van der Waals surface area (Å²) in [6, 6.07) is 28.7. The second-order valence-corrected chi connectivity index (χ2v) is 14.7. The molecular weight excluding hydrogens is 769 g/mol. The summed E-state index contributed by atoms with van der Waals surface area (Å²) in [5, 5.41) is 10.5. The fourth-order valence-corrected chi connectivity index (χ4v) is 7.82. The Balaban J connectivity index is 1.08. The zero-order valence-corrected chi connectivity index (χ0v) is 33.3. The lowest BCUT2D eigenvalue weighted by Gasteiger charge is -2.15. The van der Waals surface area contributed by atoms with Crippen molar-refractivity contribution in [3.8, 4) is 39.8 Å². The molecule has 11 rings (SSSR count). The van der Waals surface area contributed by atoms with Crippen LogP contribution in [-0.2, 0) is 63.7 Å². The Bertz CT molecular complexity index is 4090. The molecule has 0 saturated heterocycles. The van der Waals surface area contributed by atoms with E-state index in [0.29, 0.717) is 27.5 Å². The highest BCUT2D eigenvalue weighted by atomic mass is 16.3. The Labute approximate surface area is 400 Å². The van der Waals surface area contributed by atoms with Crippen LogP contribution in [0, 0.1) is 11.3 Å². The maximum absolute atomic E-state index is 9.76. The van der Waals surface area contributed by atoms with Crippen LogP contribution in [-0.4, -0.2) is 15.0 Å². The predicted octanol–water partition coefficient (Wildman–Crippen LogP) is 13.0. The van der Waals surface area contributed by atoms with E-state index in [1.54, 1.807) is 78.9 Å². The lowest BCUT2D eigenvalue weighted by atomic mass is 9.92. The van der Waals surface area contributed by atoms with Crippen molar-refractivity contribution in [2.45, 2.75) is 76.6 Å².